The van der Waals surface area contributed by atoms with Crippen LogP contribution in [0.2, 0.25) is 0 Å². The van der Waals surface area contributed by atoms with E-state index in [0.29, 0.717) is 6.42 Å². The van der Waals surface area contributed by atoms with Gasteiger partial charge < -0.3 is 5.32 Å². The molecule has 100 valence electrons. The van der Waals surface area contributed by atoms with Gasteiger partial charge in [0.05, 0.1) is 5.75 Å². The minimum absolute atomic E-state index is 0.0514. The summed E-state index contributed by atoms with van der Waals surface area (Å²) in [5, 5.41) is 2.81. The lowest BCUT2D eigenvalue weighted by molar-refractivity contribution is -0.116. The molecule has 0 heterocycles. The molecule has 1 aromatic carbocycles. The molecule has 0 atom stereocenters. The zero-order valence-electron chi connectivity index (χ0n) is 10.8. The summed E-state index contributed by atoms with van der Waals surface area (Å²) in [5.41, 5.74) is 1.89. The topological polar surface area (TPSA) is 63.2 Å². The van der Waals surface area contributed by atoms with Crippen LogP contribution in [0.1, 0.15) is 25.3 Å². The summed E-state index contributed by atoms with van der Waals surface area (Å²) in [7, 11) is -2.99. The second-order valence-corrected chi connectivity index (χ2v) is 6.55. The molecule has 0 bridgehead atoms. The van der Waals surface area contributed by atoms with Crippen LogP contribution in [-0.4, -0.2) is 26.3 Å². The number of anilines is 1. The highest BCUT2D eigenvalue weighted by atomic mass is 32.2. The molecule has 1 rings (SSSR count). The molecule has 0 saturated heterocycles. The lowest BCUT2D eigenvalue weighted by Gasteiger charge is -2.09. The van der Waals surface area contributed by atoms with E-state index < -0.39 is 9.84 Å². The third-order valence-electron chi connectivity index (χ3n) is 2.59. The molecule has 18 heavy (non-hydrogen) atoms. The van der Waals surface area contributed by atoms with E-state index in [-0.39, 0.29) is 18.1 Å². The van der Waals surface area contributed by atoms with Gasteiger partial charge in [-0.2, -0.15) is 0 Å². The number of carbonyl (C=O) groups is 1. The van der Waals surface area contributed by atoms with Crippen LogP contribution in [0.4, 0.5) is 5.69 Å². The molecule has 0 fully saturated rings. The summed E-state index contributed by atoms with van der Waals surface area (Å²) in [6, 6.07) is 7.61. The smallest absolute Gasteiger partial charge is 0.224 e. The van der Waals surface area contributed by atoms with E-state index in [9.17, 15) is 13.2 Å². The third kappa shape index (κ3) is 5.31. The summed E-state index contributed by atoms with van der Waals surface area (Å²) < 4.78 is 21.9. The molecule has 1 N–H and O–H groups in total. The number of hydrogen-bond donors (Lipinski definition) is 1. The maximum Gasteiger partial charge on any atom is 0.224 e. The summed E-state index contributed by atoms with van der Waals surface area (Å²) in [6.07, 6.45) is 2.61. The molecule has 1 amide bonds. The van der Waals surface area contributed by atoms with Gasteiger partial charge in [0.2, 0.25) is 5.91 Å². The van der Waals surface area contributed by atoms with Gasteiger partial charge in [-0.15, -0.1) is 0 Å². The van der Waals surface area contributed by atoms with Gasteiger partial charge in [0.15, 0.2) is 0 Å². The molecule has 1 aromatic rings. The number of rotatable bonds is 6. The average molecular weight is 269 g/mol. The Labute approximate surface area is 108 Å². The predicted molar refractivity (Wildman–Crippen MR) is 73.4 cm³/mol. The SMILES string of the molecule is CCc1ccccc1NC(=O)CCCS(C)(=O)=O. The lowest BCUT2D eigenvalue weighted by atomic mass is 10.1. The zero-order valence-corrected chi connectivity index (χ0v) is 11.6. The van der Waals surface area contributed by atoms with Crippen LogP contribution in [0.3, 0.4) is 0 Å². The lowest BCUT2D eigenvalue weighted by Crippen LogP contribution is -2.14. The molecular weight excluding hydrogens is 250 g/mol. The minimum atomic E-state index is -2.99. The van der Waals surface area contributed by atoms with Crippen LogP contribution < -0.4 is 5.32 Å². The van der Waals surface area contributed by atoms with E-state index in [4.69, 9.17) is 0 Å². The molecule has 0 aliphatic carbocycles. The Morgan fingerprint density at radius 2 is 1.94 bits per heavy atom. The first-order valence-electron chi connectivity index (χ1n) is 5.98. The molecule has 0 spiro atoms. The molecule has 0 saturated carbocycles. The van der Waals surface area contributed by atoms with Gasteiger partial charge in [-0.1, -0.05) is 25.1 Å². The van der Waals surface area contributed by atoms with E-state index in [1.807, 2.05) is 31.2 Å². The highest BCUT2D eigenvalue weighted by Crippen LogP contribution is 2.15. The van der Waals surface area contributed by atoms with Crippen molar-refractivity contribution in [3.63, 3.8) is 0 Å². The largest absolute Gasteiger partial charge is 0.326 e. The van der Waals surface area contributed by atoms with Crippen LogP contribution in [0.5, 0.6) is 0 Å². The van der Waals surface area contributed by atoms with Crippen molar-refractivity contribution in [2.24, 2.45) is 0 Å². The Bertz CT molecular complexity index is 509. The molecule has 0 aliphatic rings. The second-order valence-electron chi connectivity index (χ2n) is 4.29. The van der Waals surface area contributed by atoms with Crippen molar-refractivity contribution in [2.75, 3.05) is 17.3 Å². The van der Waals surface area contributed by atoms with Gasteiger partial charge >= 0.3 is 0 Å². The van der Waals surface area contributed by atoms with Crippen LogP contribution in [0.25, 0.3) is 0 Å². The molecule has 4 nitrogen and oxygen atoms in total. The van der Waals surface area contributed by atoms with Crippen molar-refractivity contribution < 1.29 is 13.2 Å². The van der Waals surface area contributed by atoms with Gasteiger partial charge in [0, 0.05) is 18.4 Å². The van der Waals surface area contributed by atoms with Crippen molar-refractivity contribution in [2.45, 2.75) is 26.2 Å². The van der Waals surface area contributed by atoms with Crippen LogP contribution >= 0.6 is 0 Å². The van der Waals surface area contributed by atoms with Gasteiger partial charge in [0.25, 0.3) is 0 Å². The fourth-order valence-electron chi connectivity index (χ4n) is 1.66. The minimum Gasteiger partial charge on any atom is -0.326 e. The summed E-state index contributed by atoms with van der Waals surface area (Å²) in [4.78, 5) is 11.7. The van der Waals surface area contributed by atoms with E-state index in [1.54, 1.807) is 0 Å². The quantitative estimate of drug-likeness (QED) is 0.859. The van der Waals surface area contributed by atoms with Crippen LogP contribution in [-0.2, 0) is 21.1 Å². The Balaban J connectivity index is 2.50. The predicted octanol–water partition coefficient (Wildman–Crippen LogP) is 2.01. The van der Waals surface area contributed by atoms with Crippen LogP contribution in [0, 0.1) is 0 Å². The van der Waals surface area contributed by atoms with E-state index in [2.05, 4.69) is 5.32 Å². The number of para-hydroxylation sites is 1. The van der Waals surface area contributed by atoms with Gasteiger partial charge in [-0.25, -0.2) is 8.42 Å². The van der Waals surface area contributed by atoms with Gasteiger partial charge in [-0.3, -0.25) is 4.79 Å². The molecule has 0 aromatic heterocycles. The molecule has 5 heteroatoms. The van der Waals surface area contributed by atoms with Crippen LogP contribution in [0.15, 0.2) is 24.3 Å². The standard InChI is InChI=1S/C13H19NO3S/c1-3-11-7-4-5-8-12(11)14-13(15)9-6-10-18(2,16)17/h4-5,7-8H,3,6,9-10H2,1-2H3,(H,14,15). The first-order chi connectivity index (χ1) is 8.42. The maximum absolute atomic E-state index is 11.7. The number of aryl methyl sites for hydroxylation is 1. The number of nitrogens with one attached hydrogen (secondary N) is 1. The molecule has 0 radical (unpaired) electrons. The second kappa shape index (κ2) is 6.54. The number of benzene rings is 1. The van der Waals surface area contributed by atoms with Gasteiger partial charge in [-0.05, 0) is 24.5 Å². The number of hydrogen-bond acceptors (Lipinski definition) is 3. The summed E-state index contributed by atoms with van der Waals surface area (Å²) in [5.74, 6) is -0.0879. The number of amides is 1. The third-order valence-corrected chi connectivity index (χ3v) is 3.62. The Morgan fingerprint density at radius 3 is 2.56 bits per heavy atom. The van der Waals surface area contributed by atoms with Crippen molar-refractivity contribution in [3.05, 3.63) is 29.8 Å². The normalized spacial score (nSPS) is 11.2. The van der Waals surface area contributed by atoms with Crippen molar-refractivity contribution in [3.8, 4) is 0 Å². The molecular formula is C13H19NO3S. The van der Waals surface area contributed by atoms with Crippen molar-refractivity contribution in [1.82, 2.24) is 0 Å². The highest BCUT2D eigenvalue weighted by molar-refractivity contribution is 7.90. The van der Waals surface area contributed by atoms with Crippen molar-refractivity contribution in [1.29, 1.82) is 0 Å². The monoisotopic (exact) mass is 269 g/mol. The molecule has 0 aliphatic heterocycles. The number of sulfone groups is 1. The van der Waals surface area contributed by atoms with E-state index in [1.165, 1.54) is 6.26 Å². The zero-order chi connectivity index (χ0) is 13.6. The number of carbonyl (C=O) groups excluding carboxylic acids is 1. The van der Waals surface area contributed by atoms with Gasteiger partial charge in [0.1, 0.15) is 9.84 Å². The first-order valence-corrected chi connectivity index (χ1v) is 8.04. The average Bonchev–Trinajstić information content (AvgIpc) is 2.28. The highest BCUT2D eigenvalue weighted by Gasteiger charge is 2.07. The van der Waals surface area contributed by atoms with Crippen molar-refractivity contribution >= 4 is 21.4 Å². The van der Waals surface area contributed by atoms with E-state index >= 15 is 0 Å². The molecule has 0 unspecified atom stereocenters. The maximum atomic E-state index is 11.7. The first kappa shape index (κ1) is 14.7. The van der Waals surface area contributed by atoms with E-state index in [0.717, 1.165) is 17.7 Å². The Morgan fingerprint density at radius 1 is 1.28 bits per heavy atom. The summed E-state index contributed by atoms with van der Waals surface area (Å²) >= 11 is 0. The Kier molecular flexibility index (Phi) is 5.34. The summed E-state index contributed by atoms with van der Waals surface area (Å²) in [6.45, 7) is 2.02. The fraction of sp³-hybridized carbons (Fsp3) is 0.462. The Hall–Kier alpha value is -1.36. The fourth-order valence-corrected chi connectivity index (χ4v) is 2.33.